The number of furan rings is 1. The van der Waals surface area contributed by atoms with Crippen LogP contribution in [-0.4, -0.2) is 29.3 Å². The maximum absolute atomic E-state index is 5.88. The van der Waals surface area contributed by atoms with Gasteiger partial charge in [-0.1, -0.05) is 0 Å². The molecule has 1 saturated heterocycles. The zero-order chi connectivity index (χ0) is 11.8. The van der Waals surface area contributed by atoms with E-state index < -0.39 is 0 Å². The average molecular weight is 297 g/mol. The number of hydrogen-bond donors (Lipinski definition) is 2. The van der Waals surface area contributed by atoms with Gasteiger partial charge >= 0.3 is 0 Å². The zero-order valence-corrected chi connectivity index (χ0v) is 10.8. The molecule has 1 atom stereocenters. The Morgan fingerprint density at radius 1 is 1.53 bits per heavy atom. The number of nitrogens with zero attached hydrogens (tertiary/aromatic N) is 2. The predicted octanol–water partition coefficient (Wildman–Crippen LogP) is 1.97. The van der Waals surface area contributed by atoms with Crippen LogP contribution < -0.4 is 10.6 Å². The summed E-state index contributed by atoms with van der Waals surface area (Å²) in [6.45, 7) is 1.83. The molecule has 0 spiro atoms. The van der Waals surface area contributed by atoms with E-state index in [9.17, 15) is 0 Å². The van der Waals surface area contributed by atoms with Crippen molar-refractivity contribution in [3.8, 4) is 11.5 Å². The molecule has 5 nitrogen and oxygen atoms in total. The van der Waals surface area contributed by atoms with E-state index in [1.807, 2.05) is 18.2 Å². The van der Waals surface area contributed by atoms with Crippen LogP contribution in [0.5, 0.6) is 0 Å². The molecule has 3 N–H and O–H groups in total. The number of nitrogens with one attached hydrogen (secondary N) is 1. The summed E-state index contributed by atoms with van der Waals surface area (Å²) < 4.78 is 6.18. The molecule has 1 fully saturated rings. The highest BCUT2D eigenvalue weighted by Crippen LogP contribution is 2.27. The highest BCUT2D eigenvalue weighted by atomic mass is 79.9. The molecule has 0 bridgehead atoms. The molecule has 3 heterocycles. The van der Waals surface area contributed by atoms with E-state index in [-0.39, 0.29) is 6.04 Å². The molecule has 2 aromatic rings. The molecule has 0 saturated carbocycles. The first kappa shape index (κ1) is 10.9. The lowest BCUT2D eigenvalue weighted by molar-refractivity contribution is 0.553. The van der Waals surface area contributed by atoms with Crippen molar-refractivity contribution in [3.05, 3.63) is 22.9 Å². The Balaban J connectivity index is 1.83. The van der Waals surface area contributed by atoms with Gasteiger partial charge < -0.3 is 15.1 Å². The summed E-state index contributed by atoms with van der Waals surface area (Å²) in [7, 11) is 0. The Labute approximate surface area is 107 Å². The first-order valence-corrected chi connectivity index (χ1v) is 6.33. The highest BCUT2D eigenvalue weighted by Gasteiger charge is 2.21. The smallest absolute Gasteiger partial charge is 0.169 e. The number of anilines is 1. The lowest BCUT2D eigenvalue weighted by Crippen LogP contribution is -2.26. The molecule has 6 heteroatoms. The van der Waals surface area contributed by atoms with Gasteiger partial charge in [-0.25, -0.2) is 0 Å². The summed E-state index contributed by atoms with van der Waals surface area (Å²) in [5.41, 5.74) is 6.76. The predicted molar refractivity (Wildman–Crippen MR) is 68.8 cm³/mol. The fourth-order valence-corrected chi connectivity index (χ4v) is 2.36. The molecule has 0 aliphatic carbocycles. The van der Waals surface area contributed by atoms with Gasteiger partial charge in [0.05, 0.1) is 0 Å². The Morgan fingerprint density at radius 3 is 3.06 bits per heavy atom. The third-order valence-corrected chi connectivity index (χ3v) is 3.38. The van der Waals surface area contributed by atoms with Gasteiger partial charge in [0.25, 0.3) is 0 Å². The highest BCUT2D eigenvalue weighted by molar-refractivity contribution is 9.10. The van der Waals surface area contributed by atoms with Gasteiger partial charge in [0.2, 0.25) is 0 Å². The number of H-pyrrole nitrogens is 1. The lowest BCUT2D eigenvalue weighted by Gasteiger charge is -2.13. The van der Waals surface area contributed by atoms with Gasteiger partial charge in [-0.15, -0.1) is 0 Å². The van der Waals surface area contributed by atoms with Gasteiger partial charge in [-0.05, 0) is 34.5 Å². The van der Waals surface area contributed by atoms with Crippen LogP contribution in [0.4, 0.5) is 5.82 Å². The third-order valence-electron chi connectivity index (χ3n) is 2.95. The molecule has 90 valence electrons. The van der Waals surface area contributed by atoms with Crippen LogP contribution in [0.25, 0.3) is 11.5 Å². The Hall–Kier alpha value is -1.27. The molecule has 3 rings (SSSR count). The van der Waals surface area contributed by atoms with Crippen LogP contribution >= 0.6 is 15.9 Å². The molecule has 2 aromatic heterocycles. The average Bonchev–Trinajstić information content (AvgIpc) is 2.96. The van der Waals surface area contributed by atoms with Gasteiger partial charge in [-0.2, -0.15) is 5.10 Å². The summed E-state index contributed by atoms with van der Waals surface area (Å²) in [5.74, 6) is 1.71. The maximum atomic E-state index is 5.88. The van der Waals surface area contributed by atoms with Gasteiger partial charge in [0.15, 0.2) is 16.2 Å². The molecule has 0 radical (unpaired) electrons. The topological polar surface area (TPSA) is 71.1 Å². The van der Waals surface area contributed by atoms with E-state index in [2.05, 4.69) is 31.0 Å². The minimum Gasteiger partial charge on any atom is -0.448 e. The zero-order valence-electron chi connectivity index (χ0n) is 9.19. The van der Waals surface area contributed by atoms with E-state index in [1.165, 1.54) is 0 Å². The second kappa shape index (κ2) is 4.19. The first-order valence-electron chi connectivity index (χ1n) is 5.54. The minimum atomic E-state index is 0.257. The second-order valence-electron chi connectivity index (χ2n) is 4.24. The summed E-state index contributed by atoms with van der Waals surface area (Å²) in [6.07, 6.45) is 1.02. The molecule has 0 amide bonds. The summed E-state index contributed by atoms with van der Waals surface area (Å²) in [6, 6.07) is 6.01. The summed E-state index contributed by atoms with van der Waals surface area (Å²) >= 11 is 3.28. The Kier molecular flexibility index (Phi) is 2.68. The Bertz CT molecular complexity index is 521. The van der Waals surface area contributed by atoms with Crippen LogP contribution in [0, 0.1) is 0 Å². The fraction of sp³-hybridized carbons (Fsp3) is 0.364. The molecule has 0 aromatic carbocycles. The number of aromatic nitrogens is 2. The number of aromatic amines is 1. The van der Waals surface area contributed by atoms with Gasteiger partial charge in [0, 0.05) is 25.2 Å². The SMILES string of the molecule is NC1CCN(c2cc(-c3ccc(Br)o3)[nH]n2)C1. The molecular formula is C11H13BrN4O. The normalized spacial score (nSPS) is 20.1. The lowest BCUT2D eigenvalue weighted by atomic mass is 10.3. The standard InChI is InChI=1S/C11H13BrN4O/c12-10-2-1-9(17-10)8-5-11(15-14-8)16-4-3-7(13)6-16/h1-2,5,7H,3-4,6,13H2,(H,14,15). The third kappa shape index (κ3) is 2.10. The molecule has 1 aliphatic heterocycles. The molecule has 17 heavy (non-hydrogen) atoms. The van der Waals surface area contributed by atoms with E-state index in [0.717, 1.165) is 36.8 Å². The van der Waals surface area contributed by atoms with Crippen molar-refractivity contribution < 1.29 is 4.42 Å². The summed E-state index contributed by atoms with van der Waals surface area (Å²) in [4.78, 5) is 2.18. The second-order valence-corrected chi connectivity index (χ2v) is 5.02. The quantitative estimate of drug-likeness (QED) is 0.889. The van der Waals surface area contributed by atoms with Gasteiger partial charge in [-0.3, -0.25) is 5.10 Å². The maximum Gasteiger partial charge on any atom is 0.169 e. The van der Waals surface area contributed by atoms with Crippen molar-refractivity contribution in [3.63, 3.8) is 0 Å². The van der Waals surface area contributed by atoms with Crippen LogP contribution in [0.2, 0.25) is 0 Å². The van der Waals surface area contributed by atoms with E-state index in [1.54, 1.807) is 0 Å². The monoisotopic (exact) mass is 296 g/mol. The van der Waals surface area contributed by atoms with Gasteiger partial charge in [0.1, 0.15) is 5.69 Å². The van der Waals surface area contributed by atoms with Crippen molar-refractivity contribution in [2.24, 2.45) is 5.73 Å². The molecule has 1 unspecified atom stereocenters. The number of halogens is 1. The van der Waals surface area contributed by atoms with Crippen LogP contribution in [-0.2, 0) is 0 Å². The Morgan fingerprint density at radius 2 is 2.41 bits per heavy atom. The molecule has 1 aliphatic rings. The number of hydrogen-bond acceptors (Lipinski definition) is 4. The van der Waals surface area contributed by atoms with E-state index in [0.29, 0.717) is 4.67 Å². The van der Waals surface area contributed by atoms with E-state index >= 15 is 0 Å². The van der Waals surface area contributed by atoms with Crippen molar-refractivity contribution >= 4 is 21.7 Å². The van der Waals surface area contributed by atoms with Crippen LogP contribution in [0.15, 0.2) is 27.3 Å². The first-order chi connectivity index (χ1) is 8.22. The van der Waals surface area contributed by atoms with Crippen LogP contribution in [0.1, 0.15) is 6.42 Å². The van der Waals surface area contributed by atoms with Crippen molar-refractivity contribution in [2.75, 3.05) is 18.0 Å². The van der Waals surface area contributed by atoms with Crippen molar-refractivity contribution in [2.45, 2.75) is 12.5 Å². The van der Waals surface area contributed by atoms with Crippen molar-refractivity contribution in [1.82, 2.24) is 10.2 Å². The fourth-order valence-electron chi connectivity index (χ4n) is 2.05. The van der Waals surface area contributed by atoms with Crippen LogP contribution in [0.3, 0.4) is 0 Å². The van der Waals surface area contributed by atoms with Crippen molar-refractivity contribution in [1.29, 1.82) is 0 Å². The molecular weight excluding hydrogens is 284 g/mol. The minimum absolute atomic E-state index is 0.257. The van der Waals surface area contributed by atoms with E-state index in [4.69, 9.17) is 10.2 Å². The number of nitrogens with two attached hydrogens (primary N) is 1. The largest absolute Gasteiger partial charge is 0.448 e. The summed E-state index contributed by atoms with van der Waals surface area (Å²) in [5, 5.41) is 7.27. The number of rotatable bonds is 2.